The summed E-state index contributed by atoms with van der Waals surface area (Å²) in [5, 5.41) is 0.610. The highest BCUT2D eigenvalue weighted by atomic mass is 35.5. The van der Waals surface area contributed by atoms with Crippen molar-refractivity contribution < 1.29 is 9.59 Å². The molecule has 1 fully saturated rings. The Morgan fingerprint density at radius 1 is 1.05 bits per heavy atom. The van der Waals surface area contributed by atoms with E-state index < -0.39 is 0 Å². The van der Waals surface area contributed by atoms with E-state index in [1.165, 1.54) is 0 Å². The molecule has 5 nitrogen and oxygen atoms in total. The number of hydrogen-bond donors (Lipinski definition) is 1. The first-order valence-corrected chi connectivity index (χ1v) is 7.02. The number of carbonyl (C=O) groups is 2. The van der Waals surface area contributed by atoms with Gasteiger partial charge in [-0.1, -0.05) is 11.6 Å². The molecule has 6 heteroatoms. The summed E-state index contributed by atoms with van der Waals surface area (Å²) < 4.78 is 0. The topological polar surface area (TPSA) is 66.6 Å². The van der Waals surface area contributed by atoms with Gasteiger partial charge >= 0.3 is 0 Å². The molecule has 108 valence electrons. The zero-order chi connectivity index (χ0) is 14.5. The molecule has 2 rings (SSSR count). The second kappa shape index (κ2) is 6.72. The molecule has 0 bridgehead atoms. The summed E-state index contributed by atoms with van der Waals surface area (Å²) in [6.07, 6.45) is 0.366. The molecule has 20 heavy (non-hydrogen) atoms. The summed E-state index contributed by atoms with van der Waals surface area (Å²) in [7, 11) is 0. The van der Waals surface area contributed by atoms with Crippen LogP contribution in [-0.4, -0.2) is 54.3 Å². The molecule has 0 unspecified atom stereocenters. The smallest absolute Gasteiger partial charge is 0.253 e. The molecule has 1 heterocycles. The first kappa shape index (κ1) is 14.8. The maximum atomic E-state index is 12.3. The zero-order valence-corrected chi connectivity index (χ0v) is 12.0. The summed E-state index contributed by atoms with van der Waals surface area (Å²) >= 11 is 5.81. The number of carbonyl (C=O) groups excluding carboxylic acids is 2. The molecule has 0 aromatic heterocycles. The fraction of sp³-hybridized carbons (Fsp3) is 0.429. The van der Waals surface area contributed by atoms with Gasteiger partial charge in [0.2, 0.25) is 5.91 Å². The van der Waals surface area contributed by atoms with Gasteiger partial charge in [0.25, 0.3) is 5.91 Å². The molecule has 2 amide bonds. The van der Waals surface area contributed by atoms with Gasteiger partial charge in [-0.25, -0.2) is 0 Å². The number of nitrogens with two attached hydrogens (primary N) is 1. The van der Waals surface area contributed by atoms with Crippen molar-refractivity contribution in [2.75, 3.05) is 32.7 Å². The summed E-state index contributed by atoms with van der Waals surface area (Å²) in [5.41, 5.74) is 6.00. The highest BCUT2D eigenvalue weighted by Gasteiger charge is 2.24. The van der Waals surface area contributed by atoms with Crippen molar-refractivity contribution in [1.29, 1.82) is 0 Å². The maximum absolute atomic E-state index is 12.3. The fourth-order valence-electron chi connectivity index (χ4n) is 2.22. The highest BCUT2D eigenvalue weighted by Crippen LogP contribution is 2.13. The summed E-state index contributed by atoms with van der Waals surface area (Å²) in [5.74, 6) is 0.0404. The average molecular weight is 296 g/mol. The lowest BCUT2D eigenvalue weighted by Gasteiger charge is -2.34. The van der Waals surface area contributed by atoms with Gasteiger partial charge in [-0.15, -0.1) is 0 Å². The number of halogens is 1. The largest absolute Gasteiger partial charge is 0.339 e. The standard InChI is InChI=1S/C14H18ClN3O2/c15-12-3-1-11(2-4-12)14(20)18-9-7-17(8-10-18)13(19)5-6-16/h1-4H,5-10,16H2. The van der Waals surface area contributed by atoms with E-state index in [-0.39, 0.29) is 11.8 Å². The van der Waals surface area contributed by atoms with Crippen molar-refractivity contribution in [2.45, 2.75) is 6.42 Å². The monoisotopic (exact) mass is 295 g/mol. The van der Waals surface area contributed by atoms with Crippen molar-refractivity contribution in [2.24, 2.45) is 5.73 Å². The lowest BCUT2D eigenvalue weighted by atomic mass is 10.2. The van der Waals surface area contributed by atoms with E-state index in [0.29, 0.717) is 49.7 Å². The van der Waals surface area contributed by atoms with Crippen molar-refractivity contribution in [3.63, 3.8) is 0 Å². The average Bonchev–Trinajstić information content (AvgIpc) is 2.48. The number of nitrogens with zero attached hydrogens (tertiary/aromatic N) is 2. The van der Waals surface area contributed by atoms with Gasteiger partial charge in [-0.3, -0.25) is 9.59 Å². The molecule has 1 saturated heterocycles. The number of amides is 2. The van der Waals surface area contributed by atoms with E-state index in [1.54, 1.807) is 34.1 Å². The Labute approximate surface area is 123 Å². The van der Waals surface area contributed by atoms with Crippen molar-refractivity contribution in [3.05, 3.63) is 34.9 Å². The Balaban J connectivity index is 1.92. The van der Waals surface area contributed by atoms with Crippen LogP contribution in [0.15, 0.2) is 24.3 Å². The zero-order valence-electron chi connectivity index (χ0n) is 11.2. The molecule has 0 atom stereocenters. The predicted molar refractivity (Wildman–Crippen MR) is 77.6 cm³/mol. The molecule has 1 aliphatic heterocycles. The predicted octanol–water partition coefficient (Wildman–Crippen LogP) is 0.973. The Morgan fingerprint density at radius 3 is 2.15 bits per heavy atom. The quantitative estimate of drug-likeness (QED) is 0.904. The number of hydrogen-bond acceptors (Lipinski definition) is 3. The van der Waals surface area contributed by atoms with Gasteiger partial charge < -0.3 is 15.5 Å². The van der Waals surface area contributed by atoms with Crippen LogP contribution in [0.1, 0.15) is 16.8 Å². The molecule has 1 aromatic rings. The lowest BCUT2D eigenvalue weighted by Crippen LogP contribution is -2.50. The number of benzene rings is 1. The minimum absolute atomic E-state index is 0.0207. The van der Waals surface area contributed by atoms with E-state index in [0.717, 1.165) is 0 Å². The first-order valence-electron chi connectivity index (χ1n) is 6.64. The van der Waals surface area contributed by atoms with Crippen LogP contribution in [0.4, 0.5) is 0 Å². The van der Waals surface area contributed by atoms with E-state index in [2.05, 4.69) is 0 Å². The van der Waals surface area contributed by atoms with Gasteiger partial charge in [0.15, 0.2) is 0 Å². The highest BCUT2D eigenvalue weighted by molar-refractivity contribution is 6.30. The molecule has 0 aliphatic carbocycles. The van der Waals surface area contributed by atoms with Crippen LogP contribution >= 0.6 is 11.6 Å². The van der Waals surface area contributed by atoms with Crippen LogP contribution < -0.4 is 5.73 Å². The third kappa shape index (κ3) is 3.49. The minimum Gasteiger partial charge on any atom is -0.339 e. The Bertz CT molecular complexity index is 482. The second-order valence-electron chi connectivity index (χ2n) is 4.72. The summed E-state index contributed by atoms with van der Waals surface area (Å²) in [6.45, 7) is 2.61. The molecule has 2 N–H and O–H groups in total. The van der Waals surface area contributed by atoms with Crippen LogP contribution in [0.25, 0.3) is 0 Å². The SMILES string of the molecule is NCCC(=O)N1CCN(C(=O)c2ccc(Cl)cc2)CC1. The molecule has 1 aliphatic rings. The van der Waals surface area contributed by atoms with Gasteiger partial charge in [0.05, 0.1) is 0 Å². The van der Waals surface area contributed by atoms with E-state index >= 15 is 0 Å². The molecule has 1 aromatic carbocycles. The Morgan fingerprint density at radius 2 is 1.60 bits per heavy atom. The van der Waals surface area contributed by atoms with Gasteiger partial charge in [0.1, 0.15) is 0 Å². The van der Waals surface area contributed by atoms with E-state index in [1.807, 2.05) is 0 Å². The fourth-order valence-corrected chi connectivity index (χ4v) is 2.34. The van der Waals surface area contributed by atoms with Crippen molar-refractivity contribution in [3.8, 4) is 0 Å². The Kier molecular flexibility index (Phi) is 4.98. The van der Waals surface area contributed by atoms with Gasteiger partial charge in [-0.2, -0.15) is 0 Å². The van der Waals surface area contributed by atoms with Crippen LogP contribution in [0.3, 0.4) is 0 Å². The Hall–Kier alpha value is -1.59. The normalized spacial score (nSPS) is 15.3. The van der Waals surface area contributed by atoms with Crippen molar-refractivity contribution >= 4 is 23.4 Å². The lowest BCUT2D eigenvalue weighted by molar-refractivity contribution is -0.132. The minimum atomic E-state index is -0.0207. The molecular formula is C14H18ClN3O2. The number of rotatable bonds is 3. The summed E-state index contributed by atoms with van der Waals surface area (Å²) in [4.78, 5) is 27.5. The first-order chi connectivity index (χ1) is 9.61. The third-order valence-corrected chi connectivity index (χ3v) is 3.62. The molecule has 0 spiro atoms. The van der Waals surface area contributed by atoms with E-state index in [4.69, 9.17) is 17.3 Å². The molecule has 0 saturated carbocycles. The van der Waals surface area contributed by atoms with Gasteiger partial charge in [-0.05, 0) is 24.3 Å². The maximum Gasteiger partial charge on any atom is 0.253 e. The second-order valence-corrected chi connectivity index (χ2v) is 5.15. The van der Waals surface area contributed by atoms with Gasteiger partial charge in [0, 0.05) is 49.7 Å². The van der Waals surface area contributed by atoms with E-state index in [9.17, 15) is 9.59 Å². The van der Waals surface area contributed by atoms with Crippen molar-refractivity contribution in [1.82, 2.24) is 9.80 Å². The molecule has 0 radical (unpaired) electrons. The third-order valence-electron chi connectivity index (χ3n) is 3.37. The van der Waals surface area contributed by atoms with Crippen LogP contribution in [0.5, 0.6) is 0 Å². The molecular weight excluding hydrogens is 278 g/mol. The van der Waals surface area contributed by atoms with Crippen LogP contribution in [0, 0.1) is 0 Å². The van der Waals surface area contributed by atoms with Crippen LogP contribution in [0.2, 0.25) is 5.02 Å². The number of piperazine rings is 1. The van der Waals surface area contributed by atoms with Crippen LogP contribution in [-0.2, 0) is 4.79 Å². The summed E-state index contributed by atoms with van der Waals surface area (Å²) in [6, 6.07) is 6.85.